The zero-order valence-corrected chi connectivity index (χ0v) is 12.4. The van der Waals surface area contributed by atoms with E-state index in [1.54, 1.807) is 4.90 Å². The fourth-order valence-corrected chi connectivity index (χ4v) is 1.87. The van der Waals surface area contributed by atoms with Crippen molar-refractivity contribution in [2.45, 2.75) is 45.3 Å². The van der Waals surface area contributed by atoms with E-state index in [0.29, 0.717) is 25.9 Å². The van der Waals surface area contributed by atoms with E-state index in [-0.39, 0.29) is 12.1 Å². The number of likely N-dealkylation sites (tertiary alicyclic amines) is 1. The first kappa shape index (κ1) is 16.3. The molecule has 0 spiro atoms. The normalized spacial score (nSPS) is 16.5. The van der Waals surface area contributed by atoms with E-state index < -0.39 is 17.5 Å². The Morgan fingerprint density at radius 2 is 1.70 bits per heavy atom. The third-order valence-electron chi connectivity index (χ3n) is 2.85. The van der Waals surface area contributed by atoms with Crippen molar-refractivity contribution in [3.8, 4) is 0 Å². The Morgan fingerprint density at radius 3 is 2.15 bits per heavy atom. The fourth-order valence-electron chi connectivity index (χ4n) is 1.87. The number of methoxy groups -OCH3 is 1. The molecule has 114 valence electrons. The number of esters is 1. The van der Waals surface area contributed by atoms with Crippen molar-refractivity contribution in [3.05, 3.63) is 0 Å². The van der Waals surface area contributed by atoms with Crippen LogP contribution in [0.25, 0.3) is 0 Å². The summed E-state index contributed by atoms with van der Waals surface area (Å²) in [6.45, 7) is 6.42. The molecule has 1 aliphatic heterocycles. The molecule has 1 rings (SSSR count). The minimum absolute atomic E-state index is 0.125. The first-order valence-corrected chi connectivity index (χ1v) is 6.59. The van der Waals surface area contributed by atoms with Crippen LogP contribution in [-0.2, 0) is 19.1 Å². The zero-order valence-electron chi connectivity index (χ0n) is 12.4. The maximum absolute atomic E-state index is 11.8. The molecular formula is C13H22N2O5. The number of amides is 2. The number of hydrogen-bond acceptors (Lipinski definition) is 5. The second kappa shape index (κ2) is 6.58. The average Bonchev–Trinajstić information content (AvgIpc) is 2.36. The number of ether oxygens (including phenoxy) is 2. The van der Waals surface area contributed by atoms with Gasteiger partial charge in [0.15, 0.2) is 0 Å². The minimum Gasteiger partial charge on any atom is -0.462 e. The summed E-state index contributed by atoms with van der Waals surface area (Å²) in [7, 11) is 1.16. The van der Waals surface area contributed by atoms with Crippen LogP contribution in [0.3, 0.4) is 0 Å². The lowest BCUT2D eigenvalue weighted by Crippen LogP contribution is -2.49. The van der Waals surface area contributed by atoms with Crippen LogP contribution in [0.5, 0.6) is 0 Å². The van der Waals surface area contributed by atoms with Gasteiger partial charge in [0.1, 0.15) is 5.60 Å². The van der Waals surface area contributed by atoms with E-state index in [9.17, 15) is 14.4 Å². The van der Waals surface area contributed by atoms with Crippen molar-refractivity contribution in [2.75, 3.05) is 20.2 Å². The van der Waals surface area contributed by atoms with E-state index in [0.717, 1.165) is 7.11 Å². The van der Waals surface area contributed by atoms with Crippen molar-refractivity contribution in [1.82, 2.24) is 10.2 Å². The van der Waals surface area contributed by atoms with Gasteiger partial charge in [-0.2, -0.15) is 0 Å². The maximum atomic E-state index is 11.8. The van der Waals surface area contributed by atoms with Crippen LogP contribution in [0.2, 0.25) is 0 Å². The van der Waals surface area contributed by atoms with Crippen molar-refractivity contribution >= 4 is 18.0 Å². The second-order valence-corrected chi connectivity index (χ2v) is 5.71. The Balaban J connectivity index is 2.38. The Labute approximate surface area is 118 Å². The predicted molar refractivity (Wildman–Crippen MR) is 71.0 cm³/mol. The number of nitrogens with one attached hydrogen (secondary N) is 1. The molecule has 1 fully saturated rings. The van der Waals surface area contributed by atoms with Crippen LogP contribution < -0.4 is 5.32 Å². The second-order valence-electron chi connectivity index (χ2n) is 5.71. The molecule has 2 amide bonds. The van der Waals surface area contributed by atoms with Gasteiger partial charge >= 0.3 is 18.0 Å². The smallest absolute Gasteiger partial charge is 0.410 e. The lowest BCUT2D eigenvalue weighted by molar-refractivity contribution is -0.153. The summed E-state index contributed by atoms with van der Waals surface area (Å²) in [4.78, 5) is 35.8. The Hall–Kier alpha value is -1.79. The summed E-state index contributed by atoms with van der Waals surface area (Å²) in [5.41, 5.74) is -0.521. The van der Waals surface area contributed by atoms with Crippen LogP contribution in [0.15, 0.2) is 0 Å². The summed E-state index contributed by atoms with van der Waals surface area (Å²) >= 11 is 0. The summed E-state index contributed by atoms with van der Waals surface area (Å²) in [5, 5.41) is 2.59. The molecular weight excluding hydrogens is 264 g/mol. The van der Waals surface area contributed by atoms with Gasteiger partial charge in [-0.25, -0.2) is 9.59 Å². The van der Waals surface area contributed by atoms with Gasteiger partial charge in [-0.3, -0.25) is 4.79 Å². The third kappa shape index (κ3) is 5.07. The largest absolute Gasteiger partial charge is 0.462 e. The number of hydrogen-bond donors (Lipinski definition) is 1. The van der Waals surface area contributed by atoms with Crippen LogP contribution in [0.1, 0.15) is 33.6 Å². The minimum atomic E-state index is -0.903. The number of nitrogens with zero attached hydrogens (tertiary/aromatic N) is 1. The molecule has 0 unspecified atom stereocenters. The number of carbonyl (C=O) groups is 3. The maximum Gasteiger partial charge on any atom is 0.410 e. The number of carbonyl (C=O) groups excluding carboxylic acids is 3. The van der Waals surface area contributed by atoms with Crippen LogP contribution in [0.4, 0.5) is 4.79 Å². The van der Waals surface area contributed by atoms with Gasteiger partial charge in [0.05, 0.1) is 7.11 Å². The van der Waals surface area contributed by atoms with Gasteiger partial charge in [-0.15, -0.1) is 0 Å². The van der Waals surface area contributed by atoms with Gasteiger partial charge in [0.25, 0.3) is 0 Å². The van der Waals surface area contributed by atoms with Crippen molar-refractivity contribution in [3.63, 3.8) is 0 Å². The Bertz CT molecular complexity index is 381. The van der Waals surface area contributed by atoms with E-state index >= 15 is 0 Å². The molecule has 0 saturated carbocycles. The van der Waals surface area contributed by atoms with E-state index in [4.69, 9.17) is 4.74 Å². The van der Waals surface area contributed by atoms with Crippen molar-refractivity contribution in [2.24, 2.45) is 0 Å². The molecule has 0 aromatic rings. The van der Waals surface area contributed by atoms with Gasteiger partial charge in [0, 0.05) is 19.1 Å². The Morgan fingerprint density at radius 1 is 1.15 bits per heavy atom. The van der Waals surface area contributed by atoms with Gasteiger partial charge in [0.2, 0.25) is 0 Å². The molecule has 0 aromatic carbocycles. The first-order valence-electron chi connectivity index (χ1n) is 6.59. The summed E-state index contributed by atoms with van der Waals surface area (Å²) < 4.78 is 9.61. The highest BCUT2D eigenvalue weighted by molar-refractivity contribution is 6.32. The zero-order chi connectivity index (χ0) is 15.3. The van der Waals surface area contributed by atoms with Crippen LogP contribution >= 0.6 is 0 Å². The topological polar surface area (TPSA) is 84.9 Å². The fraction of sp³-hybridized carbons (Fsp3) is 0.769. The molecule has 0 bridgehead atoms. The van der Waals surface area contributed by atoms with E-state index in [2.05, 4.69) is 10.1 Å². The van der Waals surface area contributed by atoms with E-state index in [1.807, 2.05) is 20.8 Å². The highest BCUT2D eigenvalue weighted by Gasteiger charge is 2.28. The highest BCUT2D eigenvalue weighted by atomic mass is 16.6. The summed E-state index contributed by atoms with van der Waals surface area (Å²) in [6, 6.07) is -0.125. The van der Waals surface area contributed by atoms with Crippen molar-refractivity contribution in [1.29, 1.82) is 0 Å². The predicted octanol–water partition coefficient (Wildman–Crippen LogP) is 0.675. The highest BCUT2D eigenvalue weighted by Crippen LogP contribution is 2.15. The molecule has 1 aliphatic rings. The van der Waals surface area contributed by atoms with E-state index in [1.165, 1.54) is 0 Å². The quantitative estimate of drug-likeness (QED) is 0.566. The number of rotatable bonds is 1. The lowest BCUT2D eigenvalue weighted by atomic mass is 10.1. The third-order valence-corrected chi connectivity index (χ3v) is 2.85. The molecule has 0 aromatic heterocycles. The van der Waals surface area contributed by atoms with Crippen LogP contribution in [0, 0.1) is 0 Å². The first-order chi connectivity index (χ1) is 9.23. The molecule has 20 heavy (non-hydrogen) atoms. The molecule has 7 nitrogen and oxygen atoms in total. The summed E-state index contributed by atoms with van der Waals surface area (Å²) in [5.74, 6) is -1.65. The standard InChI is InChI=1S/C13H22N2O5/c1-13(2,3)20-12(18)15-7-5-9(6-8-15)14-10(16)11(17)19-4/h9H,5-8H2,1-4H3,(H,14,16). The average molecular weight is 286 g/mol. The molecule has 0 radical (unpaired) electrons. The molecule has 1 N–H and O–H groups in total. The Kier molecular flexibility index (Phi) is 5.35. The summed E-state index contributed by atoms with van der Waals surface area (Å²) in [6.07, 6.45) is 0.819. The molecule has 0 atom stereocenters. The molecule has 1 saturated heterocycles. The molecule has 1 heterocycles. The SMILES string of the molecule is COC(=O)C(=O)NC1CCN(C(=O)OC(C)(C)C)CC1. The monoisotopic (exact) mass is 286 g/mol. The number of piperidine rings is 1. The van der Waals surface area contributed by atoms with Crippen molar-refractivity contribution < 1.29 is 23.9 Å². The van der Waals surface area contributed by atoms with Crippen LogP contribution in [-0.4, -0.2) is 54.7 Å². The van der Waals surface area contributed by atoms with Gasteiger partial charge in [-0.05, 0) is 33.6 Å². The molecule has 0 aliphatic carbocycles. The lowest BCUT2D eigenvalue weighted by Gasteiger charge is -2.33. The van der Waals surface area contributed by atoms with Gasteiger partial charge in [-0.1, -0.05) is 0 Å². The van der Waals surface area contributed by atoms with Gasteiger partial charge < -0.3 is 19.7 Å². The molecule has 7 heteroatoms.